The highest BCUT2D eigenvalue weighted by molar-refractivity contribution is 5.72. The quantitative estimate of drug-likeness (QED) is 0.752. The fourth-order valence-electron chi connectivity index (χ4n) is 1.94. The van der Waals surface area contributed by atoms with E-state index < -0.39 is 42.6 Å². The van der Waals surface area contributed by atoms with Crippen LogP contribution in [0.25, 0.3) is 0 Å². The van der Waals surface area contributed by atoms with Gasteiger partial charge in [0.1, 0.15) is 11.9 Å². The zero-order valence-corrected chi connectivity index (χ0v) is 8.36. The Kier molecular flexibility index (Phi) is 2.48. The lowest BCUT2D eigenvalue weighted by Gasteiger charge is -2.28. The number of hydrogen-bond donors (Lipinski definition) is 2. The minimum atomic E-state index is -4.49. The van der Waals surface area contributed by atoms with Crippen molar-refractivity contribution in [3.05, 3.63) is 16.3 Å². The molecule has 0 aromatic carbocycles. The summed E-state index contributed by atoms with van der Waals surface area (Å²) in [6.45, 7) is 0. The molecule has 0 saturated heterocycles. The second kappa shape index (κ2) is 3.60. The van der Waals surface area contributed by atoms with Crippen LogP contribution in [0.3, 0.4) is 0 Å². The Labute approximate surface area is 92.1 Å². The van der Waals surface area contributed by atoms with E-state index >= 15 is 0 Å². The van der Waals surface area contributed by atoms with E-state index in [4.69, 9.17) is 5.11 Å². The molecule has 6 nitrogen and oxygen atoms in total. The van der Waals surface area contributed by atoms with Gasteiger partial charge < -0.3 is 5.11 Å². The van der Waals surface area contributed by atoms with Crippen molar-refractivity contribution in [1.82, 2.24) is 14.8 Å². The Morgan fingerprint density at radius 1 is 1.53 bits per heavy atom. The Morgan fingerprint density at radius 2 is 2.18 bits per heavy atom. The van der Waals surface area contributed by atoms with Crippen molar-refractivity contribution in [2.75, 3.05) is 0 Å². The average molecular weight is 251 g/mol. The Morgan fingerprint density at radius 3 is 2.71 bits per heavy atom. The van der Waals surface area contributed by atoms with E-state index in [0.29, 0.717) is 0 Å². The topological polar surface area (TPSA) is 88.0 Å². The zero-order valence-electron chi connectivity index (χ0n) is 8.36. The molecule has 17 heavy (non-hydrogen) atoms. The number of H-pyrrole nitrogens is 1. The lowest BCUT2D eigenvalue weighted by Crippen LogP contribution is -2.40. The number of aliphatic carboxylic acids is 1. The molecular formula is C8H8F3N3O3. The van der Waals surface area contributed by atoms with E-state index in [1.165, 1.54) is 0 Å². The molecule has 2 atom stereocenters. The number of hydrogen-bond acceptors (Lipinski definition) is 3. The minimum Gasteiger partial charge on any atom is -0.480 e. The molecule has 9 heteroatoms. The number of carboxylic acids is 1. The molecule has 1 aromatic heterocycles. The molecule has 1 aliphatic heterocycles. The third-order valence-corrected chi connectivity index (χ3v) is 2.77. The molecule has 2 unspecified atom stereocenters. The van der Waals surface area contributed by atoms with Gasteiger partial charge in [-0.1, -0.05) is 0 Å². The number of fused-ring (bicyclic) bond motifs is 1. The maximum atomic E-state index is 12.6. The predicted molar refractivity (Wildman–Crippen MR) is 47.4 cm³/mol. The molecule has 0 amide bonds. The molecular weight excluding hydrogens is 243 g/mol. The third kappa shape index (κ3) is 1.92. The standard InChI is InChI=1S/C8H8F3N3O3/c9-8(10,11)3-1-4(6(15)16)14-5(2-3)12-13-7(14)17/h3-4H,1-2H2,(H,13,17)(H,15,16). The molecule has 2 N–H and O–H groups in total. The Bertz CT molecular complexity index is 504. The molecule has 0 fully saturated rings. The van der Waals surface area contributed by atoms with E-state index in [1.54, 1.807) is 0 Å². The van der Waals surface area contributed by atoms with E-state index in [9.17, 15) is 22.8 Å². The van der Waals surface area contributed by atoms with E-state index in [-0.39, 0.29) is 5.82 Å². The van der Waals surface area contributed by atoms with Crippen molar-refractivity contribution < 1.29 is 23.1 Å². The SMILES string of the molecule is O=C(O)C1CC(C(F)(F)F)Cc2n[nH]c(=O)n21. The molecule has 0 bridgehead atoms. The van der Waals surface area contributed by atoms with Crippen molar-refractivity contribution >= 4 is 5.97 Å². The summed E-state index contributed by atoms with van der Waals surface area (Å²) in [4.78, 5) is 22.1. The number of aromatic nitrogens is 3. The number of rotatable bonds is 1. The van der Waals surface area contributed by atoms with E-state index in [1.807, 2.05) is 5.10 Å². The fourth-order valence-corrected chi connectivity index (χ4v) is 1.94. The monoisotopic (exact) mass is 251 g/mol. The van der Waals surface area contributed by atoms with Crippen molar-refractivity contribution in [3.8, 4) is 0 Å². The van der Waals surface area contributed by atoms with Gasteiger partial charge in [-0.25, -0.2) is 14.7 Å². The van der Waals surface area contributed by atoms with Crippen molar-refractivity contribution in [2.24, 2.45) is 5.92 Å². The summed E-state index contributed by atoms with van der Waals surface area (Å²) in [6, 6.07) is -1.52. The minimum absolute atomic E-state index is 0.170. The van der Waals surface area contributed by atoms with Crippen LogP contribution in [0.4, 0.5) is 13.2 Å². The van der Waals surface area contributed by atoms with Gasteiger partial charge in [0.25, 0.3) is 0 Å². The normalized spacial score (nSPS) is 24.4. The predicted octanol–water partition coefficient (Wildman–Crippen LogP) is 0.322. The second-order valence-electron chi connectivity index (χ2n) is 3.85. The number of nitrogens with zero attached hydrogens (tertiary/aromatic N) is 2. The molecule has 1 aliphatic rings. The highest BCUT2D eigenvalue weighted by Crippen LogP contribution is 2.37. The van der Waals surface area contributed by atoms with Crippen LogP contribution in [0, 0.1) is 5.92 Å². The van der Waals surface area contributed by atoms with Crippen LogP contribution in [0.5, 0.6) is 0 Å². The second-order valence-corrected chi connectivity index (χ2v) is 3.85. The first-order valence-electron chi connectivity index (χ1n) is 4.76. The van der Waals surface area contributed by atoms with Gasteiger partial charge >= 0.3 is 17.8 Å². The number of nitrogens with one attached hydrogen (secondary N) is 1. The van der Waals surface area contributed by atoms with Gasteiger partial charge in [0.05, 0.1) is 5.92 Å². The first-order chi connectivity index (χ1) is 7.80. The lowest BCUT2D eigenvalue weighted by atomic mass is 9.92. The summed E-state index contributed by atoms with van der Waals surface area (Å²) in [5.74, 6) is -3.43. The fraction of sp³-hybridized carbons (Fsp3) is 0.625. The highest BCUT2D eigenvalue weighted by atomic mass is 19.4. The smallest absolute Gasteiger partial charge is 0.392 e. The number of aromatic amines is 1. The van der Waals surface area contributed by atoms with Gasteiger partial charge in [-0.05, 0) is 6.42 Å². The summed E-state index contributed by atoms with van der Waals surface area (Å²) in [5, 5.41) is 14.2. The Balaban J connectivity index is 2.45. The summed E-state index contributed by atoms with van der Waals surface area (Å²) < 4.78 is 38.5. The molecule has 0 aliphatic carbocycles. The number of alkyl halides is 3. The molecule has 0 spiro atoms. The van der Waals surface area contributed by atoms with Crippen LogP contribution in [0.2, 0.25) is 0 Å². The van der Waals surface area contributed by atoms with E-state index in [0.717, 1.165) is 4.57 Å². The maximum absolute atomic E-state index is 12.6. The molecule has 2 heterocycles. The molecule has 1 aromatic rings. The molecule has 0 radical (unpaired) electrons. The first kappa shape index (κ1) is 11.7. The van der Waals surface area contributed by atoms with Gasteiger partial charge in [-0.2, -0.15) is 18.3 Å². The average Bonchev–Trinajstić information content (AvgIpc) is 2.58. The van der Waals surface area contributed by atoms with Crippen molar-refractivity contribution in [3.63, 3.8) is 0 Å². The van der Waals surface area contributed by atoms with Crippen LogP contribution in [-0.4, -0.2) is 32.0 Å². The number of carbonyl (C=O) groups is 1. The summed E-state index contributed by atoms with van der Waals surface area (Å²) in [6.07, 6.45) is -5.62. The van der Waals surface area contributed by atoms with Crippen LogP contribution in [0.1, 0.15) is 18.3 Å². The van der Waals surface area contributed by atoms with E-state index in [2.05, 4.69) is 5.10 Å². The summed E-state index contributed by atoms with van der Waals surface area (Å²) >= 11 is 0. The summed E-state index contributed by atoms with van der Waals surface area (Å²) in [5.41, 5.74) is -0.798. The zero-order chi connectivity index (χ0) is 12.8. The molecule has 94 valence electrons. The molecule has 2 rings (SSSR count). The third-order valence-electron chi connectivity index (χ3n) is 2.77. The molecule has 0 saturated carbocycles. The Hall–Kier alpha value is -1.80. The number of carboxylic acid groups (broad SMARTS) is 1. The first-order valence-corrected chi connectivity index (χ1v) is 4.76. The lowest BCUT2D eigenvalue weighted by molar-refractivity contribution is -0.183. The van der Waals surface area contributed by atoms with Crippen LogP contribution in [0.15, 0.2) is 4.79 Å². The number of halogens is 3. The van der Waals surface area contributed by atoms with Gasteiger partial charge in [0.15, 0.2) is 0 Å². The highest BCUT2D eigenvalue weighted by Gasteiger charge is 2.46. The van der Waals surface area contributed by atoms with Crippen LogP contribution >= 0.6 is 0 Å². The maximum Gasteiger partial charge on any atom is 0.392 e. The van der Waals surface area contributed by atoms with Gasteiger partial charge in [0.2, 0.25) is 0 Å². The van der Waals surface area contributed by atoms with Crippen LogP contribution in [-0.2, 0) is 11.2 Å². The largest absolute Gasteiger partial charge is 0.480 e. The van der Waals surface area contributed by atoms with Gasteiger partial charge in [-0.3, -0.25) is 4.57 Å². The summed E-state index contributed by atoms with van der Waals surface area (Å²) in [7, 11) is 0. The van der Waals surface area contributed by atoms with Crippen molar-refractivity contribution in [2.45, 2.75) is 25.1 Å². The van der Waals surface area contributed by atoms with Crippen molar-refractivity contribution in [1.29, 1.82) is 0 Å². The van der Waals surface area contributed by atoms with Crippen LogP contribution < -0.4 is 5.69 Å². The van der Waals surface area contributed by atoms with Gasteiger partial charge in [-0.15, -0.1) is 0 Å². The van der Waals surface area contributed by atoms with Gasteiger partial charge in [0, 0.05) is 6.42 Å².